The van der Waals surface area contributed by atoms with Crippen LogP contribution in [0.25, 0.3) is 0 Å². The first-order chi connectivity index (χ1) is 13.5. The first kappa shape index (κ1) is 21.7. The lowest BCUT2D eigenvalue weighted by atomic mass is 10.2. The molecular weight excluding hydrogens is 431 g/mol. The summed E-state index contributed by atoms with van der Waals surface area (Å²) in [6.45, 7) is 3.90. The number of rotatable bonds is 4. The van der Waals surface area contributed by atoms with Crippen LogP contribution < -0.4 is 5.32 Å². The van der Waals surface area contributed by atoms with Crippen LogP contribution in [0.4, 0.5) is 18.3 Å². The van der Waals surface area contributed by atoms with Crippen molar-refractivity contribution in [3.8, 4) is 0 Å². The Kier molecular flexibility index (Phi) is 5.99. The molecule has 0 aliphatic carbocycles. The molecule has 29 heavy (non-hydrogen) atoms. The molecule has 0 saturated carbocycles. The van der Waals surface area contributed by atoms with Gasteiger partial charge in [0.2, 0.25) is 10.0 Å². The lowest BCUT2D eigenvalue weighted by molar-refractivity contribution is -0.140. The largest absolute Gasteiger partial charge is 0.434 e. The van der Waals surface area contributed by atoms with Crippen LogP contribution in [0.15, 0.2) is 34.5 Å². The molecular formula is C17H18F3N3O4S2. The topological polar surface area (TPSA) is 88.6 Å². The van der Waals surface area contributed by atoms with Crippen molar-refractivity contribution in [1.82, 2.24) is 9.29 Å². The second kappa shape index (κ2) is 8.01. The van der Waals surface area contributed by atoms with Gasteiger partial charge in [-0.1, -0.05) is 6.07 Å². The van der Waals surface area contributed by atoms with Gasteiger partial charge in [-0.3, -0.25) is 10.1 Å². The van der Waals surface area contributed by atoms with Crippen LogP contribution in [0.1, 0.15) is 29.9 Å². The van der Waals surface area contributed by atoms with Gasteiger partial charge in [0.1, 0.15) is 0 Å². The minimum atomic E-state index is -4.61. The highest BCUT2D eigenvalue weighted by Gasteiger charge is 2.34. The van der Waals surface area contributed by atoms with Crippen LogP contribution in [0, 0.1) is 0 Å². The zero-order valence-corrected chi connectivity index (χ0v) is 17.1. The number of hydrogen-bond donors (Lipinski definition) is 1. The molecule has 0 spiro atoms. The summed E-state index contributed by atoms with van der Waals surface area (Å²) in [5, 5.41) is 2.82. The number of aromatic nitrogens is 1. The number of benzene rings is 1. The number of thiazole rings is 1. The van der Waals surface area contributed by atoms with Crippen LogP contribution >= 0.6 is 11.3 Å². The highest BCUT2D eigenvalue weighted by atomic mass is 32.2. The third-order valence-electron chi connectivity index (χ3n) is 4.14. The number of nitrogens with zero attached hydrogens (tertiary/aromatic N) is 2. The average Bonchev–Trinajstić information content (AvgIpc) is 3.10. The van der Waals surface area contributed by atoms with E-state index in [1.54, 1.807) is 13.8 Å². The minimum absolute atomic E-state index is 0.0100. The van der Waals surface area contributed by atoms with Gasteiger partial charge < -0.3 is 4.74 Å². The number of anilines is 1. The van der Waals surface area contributed by atoms with Crippen LogP contribution in [0.3, 0.4) is 0 Å². The standard InChI is InChI=1S/C17H18F3N3O4S2/c1-10-7-23(8-11(2)27-10)29(25,26)13-5-3-4-12(6-13)15(24)22-16-21-14(9-28-16)17(18,19)20/h3-6,9-11H,7-8H2,1-2H3,(H,21,22,24). The highest BCUT2D eigenvalue weighted by molar-refractivity contribution is 7.89. The molecule has 1 aliphatic rings. The van der Waals surface area contributed by atoms with E-state index in [0.29, 0.717) is 11.3 Å². The molecule has 12 heteroatoms. The van der Waals surface area contributed by atoms with Crippen molar-refractivity contribution in [2.24, 2.45) is 0 Å². The number of nitrogens with one attached hydrogen (secondary N) is 1. The fourth-order valence-electron chi connectivity index (χ4n) is 2.90. The summed E-state index contributed by atoms with van der Waals surface area (Å²) in [5.41, 5.74) is -1.12. The Bertz CT molecular complexity index is 997. The summed E-state index contributed by atoms with van der Waals surface area (Å²) < 4.78 is 70.6. The minimum Gasteiger partial charge on any atom is -0.373 e. The summed E-state index contributed by atoms with van der Waals surface area (Å²) in [6, 6.07) is 5.32. The average molecular weight is 449 g/mol. The molecule has 0 radical (unpaired) electrons. The van der Waals surface area contributed by atoms with Crippen LogP contribution in [-0.4, -0.2) is 48.9 Å². The van der Waals surface area contributed by atoms with E-state index in [-0.39, 0.29) is 40.9 Å². The Balaban J connectivity index is 1.80. The van der Waals surface area contributed by atoms with Crippen molar-refractivity contribution in [2.75, 3.05) is 18.4 Å². The number of ether oxygens (including phenoxy) is 1. The number of amides is 1. The molecule has 1 N–H and O–H groups in total. The summed E-state index contributed by atoms with van der Waals surface area (Å²) in [5.74, 6) is -0.756. The van der Waals surface area contributed by atoms with Gasteiger partial charge in [0, 0.05) is 24.0 Å². The van der Waals surface area contributed by atoms with Crippen LogP contribution in [0.2, 0.25) is 0 Å². The maximum absolute atomic E-state index is 12.9. The molecule has 1 aliphatic heterocycles. The molecule has 158 valence electrons. The van der Waals surface area contributed by atoms with Gasteiger partial charge >= 0.3 is 6.18 Å². The Morgan fingerprint density at radius 1 is 1.28 bits per heavy atom. The Hall–Kier alpha value is -2.02. The number of hydrogen-bond acceptors (Lipinski definition) is 6. The predicted molar refractivity (Wildman–Crippen MR) is 100 cm³/mol. The summed E-state index contributed by atoms with van der Waals surface area (Å²) in [4.78, 5) is 15.6. The van der Waals surface area contributed by atoms with E-state index < -0.39 is 27.8 Å². The summed E-state index contributed by atoms with van der Waals surface area (Å²) in [6.07, 6.45) is -5.15. The number of sulfonamides is 1. The Labute approximate surface area is 169 Å². The first-order valence-electron chi connectivity index (χ1n) is 8.56. The fourth-order valence-corrected chi connectivity index (χ4v) is 5.25. The number of carbonyl (C=O) groups is 1. The van der Waals surface area contributed by atoms with Crippen molar-refractivity contribution < 1.29 is 31.1 Å². The molecule has 3 rings (SSSR count). The number of alkyl halides is 3. The van der Waals surface area contributed by atoms with E-state index in [1.807, 2.05) is 0 Å². The van der Waals surface area contributed by atoms with Crippen LogP contribution in [0.5, 0.6) is 0 Å². The summed E-state index contributed by atoms with van der Waals surface area (Å²) in [7, 11) is -3.86. The smallest absolute Gasteiger partial charge is 0.373 e. The number of morpholine rings is 1. The first-order valence-corrected chi connectivity index (χ1v) is 10.9. The second-order valence-corrected chi connectivity index (χ2v) is 9.39. The lowest BCUT2D eigenvalue weighted by Crippen LogP contribution is -2.48. The Morgan fingerprint density at radius 3 is 2.52 bits per heavy atom. The fraction of sp³-hybridized carbons (Fsp3) is 0.412. The zero-order chi connectivity index (χ0) is 21.4. The monoisotopic (exact) mass is 449 g/mol. The lowest BCUT2D eigenvalue weighted by Gasteiger charge is -2.34. The number of halogens is 3. The van der Waals surface area contributed by atoms with Crippen molar-refractivity contribution >= 4 is 32.4 Å². The van der Waals surface area contributed by atoms with Gasteiger partial charge in [-0.25, -0.2) is 13.4 Å². The zero-order valence-electron chi connectivity index (χ0n) is 15.4. The molecule has 2 atom stereocenters. The van der Waals surface area contributed by atoms with E-state index in [4.69, 9.17) is 4.74 Å². The Morgan fingerprint density at radius 2 is 1.93 bits per heavy atom. The van der Waals surface area contributed by atoms with Gasteiger partial charge in [-0.2, -0.15) is 17.5 Å². The van der Waals surface area contributed by atoms with Gasteiger partial charge in [0.25, 0.3) is 5.91 Å². The molecule has 2 unspecified atom stereocenters. The van der Waals surface area contributed by atoms with E-state index in [0.717, 1.165) is 5.38 Å². The van der Waals surface area contributed by atoms with Crippen molar-refractivity contribution in [2.45, 2.75) is 37.1 Å². The molecule has 1 aromatic carbocycles. The van der Waals surface area contributed by atoms with Gasteiger partial charge in [-0.15, -0.1) is 11.3 Å². The maximum atomic E-state index is 12.9. The predicted octanol–water partition coefficient (Wildman–Crippen LogP) is 3.21. The summed E-state index contributed by atoms with van der Waals surface area (Å²) >= 11 is 0.629. The second-order valence-electron chi connectivity index (χ2n) is 6.60. The van der Waals surface area contributed by atoms with Crippen molar-refractivity contribution in [3.63, 3.8) is 0 Å². The van der Waals surface area contributed by atoms with E-state index in [1.165, 1.54) is 28.6 Å². The molecule has 1 amide bonds. The molecule has 7 nitrogen and oxygen atoms in total. The number of carbonyl (C=O) groups excluding carboxylic acids is 1. The quantitative estimate of drug-likeness (QED) is 0.775. The highest BCUT2D eigenvalue weighted by Crippen LogP contribution is 2.31. The molecule has 0 bridgehead atoms. The van der Waals surface area contributed by atoms with Crippen LogP contribution in [-0.2, 0) is 20.9 Å². The molecule has 1 aromatic heterocycles. The molecule has 2 heterocycles. The van der Waals surface area contributed by atoms with Crippen molar-refractivity contribution in [1.29, 1.82) is 0 Å². The van der Waals surface area contributed by atoms with E-state index in [2.05, 4.69) is 10.3 Å². The van der Waals surface area contributed by atoms with Gasteiger partial charge in [0.15, 0.2) is 10.8 Å². The third-order valence-corrected chi connectivity index (χ3v) is 6.72. The normalized spacial score (nSPS) is 21.1. The third kappa shape index (κ3) is 4.94. The SMILES string of the molecule is CC1CN(S(=O)(=O)c2cccc(C(=O)Nc3nc(C(F)(F)F)cs3)c2)CC(C)O1. The van der Waals surface area contributed by atoms with Gasteiger partial charge in [0.05, 0.1) is 17.1 Å². The molecule has 1 fully saturated rings. The van der Waals surface area contributed by atoms with E-state index >= 15 is 0 Å². The van der Waals surface area contributed by atoms with Crippen molar-refractivity contribution in [3.05, 3.63) is 40.9 Å². The molecule has 2 aromatic rings. The maximum Gasteiger partial charge on any atom is 0.434 e. The molecule has 1 saturated heterocycles. The van der Waals surface area contributed by atoms with Gasteiger partial charge in [-0.05, 0) is 32.0 Å². The van der Waals surface area contributed by atoms with E-state index in [9.17, 15) is 26.4 Å².